The number of non-ortho nitro benzene ring substituents is 1. The largest absolute Gasteiger partial charge is 0.377 e. The molecule has 118 valence electrons. The average Bonchev–Trinajstić information content (AvgIpc) is 2.55. The van der Waals surface area contributed by atoms with Crippen LogP contribution in [0.2, 0.25) is 5.02 Å². The first kappa shape index (κ1) is 17.0. The Morgan fingerprint density at radius 2 is 1.87 bits per heavy atom. The van der Waals surface area contributed by atoms with E-state index in [1.165, 1.54) is 23.9 Å². The fourth-order valence-corrected chi connectivity index (χ4v) is 2.34. The van der Waals surface area contributed by atoms with Gasteiger partial charge in [0.1, 0.15) is 0 Å². The average molecular weight is 349 g/mol. The van der Waals surface area contributed by atoms with E-state index >= 15 is 0 Å². The lowest BCUT2D eigenvalue weighted by atomic mass is 10.2. The first-order valence-electron chi connectivity index (χ1n) is 6.53. The zero-order valence-electron chi connectivity index (χ0n) is 11.9. The lowest BCUT2D eigenvalue weighted by Gasteiger charge is -2.00. The quantitative estimate of drug-likeness (QED) is 0.384. The van der Waals surface area contributed by atoms with Crippen molar-refractivity contribution in [2.75, 3.05) is 0 Å². The fraction of sp³-hybridized carbons (Fsp3) is 0.0667. The van der Waals surface area contributed by atoms with Crippen LogP contribution < -0.4 is 5.73 Å². The highest BCUT2D eigenvalue weighted by Crippen LogP contribution is 2.16. The molecule has 0 amide bonds. The number of nitrogens with zero attached hydrogens (tertiary/aromatic N) is 3. The summed E-state index contributed by atoms with van der Waals surface area (Å²) in [6.45, 7) is 0. The molecule has 0 aliphatic carbocycles. The highest BCUT2D eigenvalue weighted by molar-refractivity contribution is 8.13. The fourth-order valence-electron chi connectivity index (χ4n) is 1.60. The van der Waals surface area contributed by atoms with Crippen LogP contribution in [-0.2, 0) is 5.75 Å². The van der Waals surface area contributed by atoms with E-state index in [0.29, 0.717) is 15.9 Å². The van der Waals surface area contributed by atoms with Crippen LogP contribution in [0.5, 0.6) is 0 Å². The summed E-state index contributed by atoms with van der Waals surface area (Å²) >= 11 is 7.09. The lowest BCUT2D eigenvalue weighted by molar-refractivity contribution is -0.384. The summed E-state index contributed by atoms with van der Waals surface area (Å²) < 4.78 is 0. The molecule has 8 heteroatoms. The maximum atomic E-state index is 10.6. The van der Waals surface area contributed by atoms with Gasteiger partial charge in [-0.1, -0.05) is 47.6 Å². The third-order valence-corrected chi connectivity index (χ3v) is 3.87. The molecule has 0 saturated carbocycles. The number of rotatable bonds is 5. The van der Waals surface area contributed by atoms with Gasteiger partial charge in [-0.25, -0.2) is 0 Å². The second-order valence-electron chi connectivity index (χ2n) is 4.45. The van der Waals surface area contributed by atoms with Gasteiger partial charge in [0.15, 0.2) is 5.17 Å². The van der Waals surface area contributed by atoms with Crippen molar-refractivity contribution in [2.24, 2.45) is 15.9 Å². The second-order valence-corrected chi connectivity index (χ2v) is 5.88. The van der Waals surface area contributed by atoms with Crippen LogP contribution in [-0.4, -0.2) is 16.3 Å². The highest BCUT2D eigenvalue weighted by atomic mass is 35.5. The molecule has 2 aromatic carbocycles. The summed E-state index contributed by atoms with van der Waals surface area (Å²) in [6.07, 6.45) is 1.58. The molecule has 0 bridgehead atoms. The van der Waals surface area contributed by atoms with E-state index in [-0.39, 0.29) is 5.69 Å². The summed E-state index contributed by atoms with van der Waals surface area (Å²) in [7, 11) is 0. The smallest absolute Gasteiger partial charge is 0.269 e. The van der Waals surface area contributed by atoms with E-state index in [0.717, 1.165) is 11.1 Å². The normalized spacial score (nSPS) is 11.8. The Labute approximate surface area is 142 Å². The van der Waals surface area contributed by atoms with Crippen LogP contribution in [0.1, 0.15) is 11.1 Å². The molecule has 0 radical (unpaired) electrons. The first-order valence-corrected chi connectivity index (χ1v) is 7.89. The van der Waals surface area contributed by atoms with Crippen LogP contribution in [0.4, 0.5) is 5.69 Å². The molecule has 0 atom stereocenters. The molecular formula is C15H13ClN4O2S. The number of thioether (sulfide) groups is 1. The van der Waals surface area contributed by atoms with E-state index in [1.807, 2.05) is 12.1 Å². The van der Waals surface area contributed by atoms with E-state index in [1.54, 1.807) is 30.5 Å². The molecule has 6 nitrogen and oxygen atoms in total. The molecule has 23 heavy (non-hydrogen) atoms. The monoisotopic (exact) mass is 348 g/mol. The van der Waals surface area contributed by atoms with E-state index < -0.39 is 4.92 Å². The zero-order chi connectivity index (χ0) is 16.7. The van der Waals surface area contributed by atoms with Crippen LogP contribution in [0.3, 0.4) is 0 Å². The summed E-state index contributed by atoms with van der Waals surface area (Å²) in [4.78, 5) is 10.1. The Morgan fingerprint density at radius 1 is 1.22 bits per heavy atom. The van der Waals surface area contributed by atoms with Crippen molar-refractivity contribution in [3.8, 4) is 0 Å². The van der Waals surface area contributed by atoms with Gasteiger partial charge in [0.05, 0.1) is 11.1 Å². The van der Waals surface area contributed by atoms with Crippen molar-refractivity contribution in [2.45, 2.75) is 5.75 Å². The van der Waals surface area contributed by atoms with E-state index in [4.69, 9.17) is 17.3 Å². The molecule has 0 aliphatic rings. The Hall–Kier alpha value is -2.38. The summed E-state index contributed by atoms with van der Waals surface area (Å²) in [6, 6.07) is 13.5. The lowest BCUT2D eigenvalue weighted by Crippen LogP contribution is -2.06. The Bertz CT molecular complexity index is 730. The molecular weight excluding hydrogens is 336 g/mol. The van der Waals surface area contributed by atoms with Gasteiger partial charge in [-0.15, -0.1) is 5.10 Å². The van der Waals surface area contributed by atoms with Crippen molar-refractivity contribution in [3.63, 3.8) is 0 Å². The Kier molecular flexibility index (Phi) is 6.13. The van der Waals surface area contributed by atoms with Crippen molar-refractivity contribution < 1.29 is 4.92 Å². The van der Waals surface area contributed by atoms with Crippen LogP contribution in [0.25, 0.3) is 0 Å². The number of halogens is 1. The summed E-state index contributed by atoms with van der Waals surface area (Å²) in [5.74, 6) is 0.559. The number of nitrogens with two attached hydrogens (primary N) is 1. The van der Waals surface area contributed by atoms with Crippen molar-refractivity contribution >= 4 is 40.4 Å². The van der Waals surface area contributed by atoms with Crippen molar-refractivity contribution in [3.05, 3.63) is 74.8 Å². The maximum absolute atomic E-state index is 10.6. The molecule has 0 unspecified atom stereocenters. The van der Waals surface area contributed by atoms with Gasteiger partial charge < -0.3 is 5.73 Å². The minimum Gasteiger partial charge on any atom is -0.377 e. The van der Waals surface area contributed by atoms with Crippen LogP contribution in [0, 0.1) is 10.1 Å². The Morgan fingerprint density at radius 3 is 2.48 bits per heavy atom. The third-order valence-electron chi connectivity index (χ3n) is 2.77. The van der Waals surface area contributed by atoms with Crippen molar-refractivity contribution in [1.82, 2.24) is 0 Å². The van der Waals surface area contributed by atoms with Gasteiger partial charge in [0, 0.05) is 22.9 Å². The third kappa shape index (κ3) is 5.72. The number of nitro groups is 1. The topological polar surface area (TPSA) is 93.9 Å². The molecule has 0 aromatic heterocycles. The summed E-state index contributed by atoms with van der Waals surface area (Å²) in [5, 5.41) is 19.3. The van der Waals surface area contributed by atoms with Gasteiger partial charge in [0.2, 0.25) is 0 Å². The van der Waals surface area contributed by atoms with E-state index in [2.05, 4.69) is 10.2 Å². The molecule has 0 heterocycles. The molecule has 2 aromatic rings. The predicted molar refractivity (Wildman–Crippen MR) is 95.1 cm³/mol. The van der Waals surface area contributed by atoms with Gasteiger partial charge in [-0.05, 0) is 23.3 Å². The number of benzene rings is 2. The maximum Gasteiger partial charge on any atom is 0.269 e. The van der Waals surface area contributed by atoms with Gasteiger partial charge in [0.25, 0.3) is 5.69 Å². The Balaban J connectivity index is 1.87. The molecule has 0 spiro atoms. The number of hydrogen-bond acceptors (Lipinski definition) is 5. The molecule has 0 saturated heterocycles. The minimum atomic E-state index is -0.432. The molecule has 0 fully saturated rings. The van der Waals surface area contributed by atoms with Gasteiger partial charge in [-0.2, -0.15) is 5.10 Å². The molecule has 0 aliphatic heterocycles. The molecule has 2 N–H and O–H groups in total. The first-order chi connectivity index (χ1) is 11.0. The second kappa shape index (κ2) is 8.30. The van der Waals surface area contributed by atoms with Crippen LogP contribution in [0.15, 0.2) is 58.7 Å². The zero-order valence-corrected chi connectivity index (χ0v) is 13.5. The van der Waals surface area contributed by atoms with Gasteiger partial charge >= 0.3 is 0 Å². The van der Waals surface area contributed by atoms with Crippen molar-refractivity contribution in [1.29, 1.82) is 0 Å². The number of amidine groups is 1. The summed E-state index contributed by atoms with van der Waals surface area (Å²) in [5.41, 5.74) is 7.60. The minimum absolute atomic E-state index is 0.0629. The number of nitro benzene ring substituents is 1. The predicted octanol–water partition coefficient (Wildman–Crippen LogP) is 3.83. The van der Waals surface area contributed by atoms with Gasteiger partial charge in [-0.3, -0.25) is 10.1 Å². The SMILES string of the molecule is N/C(=N\N=C\c1ccc(Cl)cc1)SCc1ccc([N+](=O)[O-])cc1. The highest BCUT2D eigenvalue weighted by Gasteiger charge is 2.04. The van der Waals surface area contributed by atoms with Crippen LogP contribution >= 0.6 is 23.4 Å². The number of hydrogen-bond donors (Lipinski definition) is 1. The van der Waals surface area contributed by atoms with E-state index in [9.17, 15) is 10.1 Å². The standard InChI is InChI=1S/C15H13ClN4O2S/c16-13-5-1-11(2-6-13)9-18-19-15(17)23-10-12-3-7-14(8-4-12)20(21)22/h1-9H,10H2,(H2,17,19)/b18-9+. The molecule has 2 rings (SSSR count).